The normalized spacial score (nSPS) is 20.1. The van der Waals surface area contributed by atoms with Crippen LogP contribution in [-0.2, 0) is 16.8 Å². The van der Waals surface area contributed by atoms with Gasteiger partial charge in [-0.1, -0.05) is 13.0 Å². The van der Waals surface area contributed by atoms with Crippen molar-refractivity contribution in [2.75, 3.05) is 32.0 Å². The lowest BCUT2D eigenvalue weighted by Crippen LogP contribution is -2.32. The van der Waals surface area contributed by atoms with Gasteiger partial charge in [0.1, 0.15) is 5.82 Å². The molecule has 2 rings (SSSR count). The Morgan fingerprint density at radius 2 is 2.06 bits per heavy atom. The highest BCUT2D eigenvalue weighted by Gasteiger charge is 2.35. The van der Waals surface area contributed by atoms with Crippen LogP contribution >= 0.6 is 0 Å². The molecule has 0 radical (unpaired) electrons. The predicted molar refractivity (Wildman–Crippen MR) is 70.4 cm³/mol. The monoisotopic (exact) mass is 270 g/mol. The fourth-order valence-electron chi connectivity index (χ4n) is 1.99. The van der Waals surface area contributed by atoms with Crippen LogP contribution in [0, 0.1) is 0 Å². The first-order valence-corrected chi connectivity index (χ1v) is 7.36. The molecule has 0 bridgehead atoms. The minimum Gasteiger partial charge on any atom is -0.373 e. The molecule has 100 valence electrons. The number of aromatic nitrogens is 1. The predicted octanol–water partition coefficient (Wildman–Crippen LogP) is 0.506. The zero-order valence-corrected chi connectivity index (χ0v) is 11.4. The van der Waals surface area contributed by atoms with Crippen LogP contribution in [0.15, 0.2) is 18.2 Å². The summed E-state index contributed by atoms with van der Waals surface area (Å²) in [6, 6.07) is 5.56. The van der Waals surface area contributed by atoms with Crippen molar-refractivity contribution in [3.05, 3.63) is 23.9 Å². The van der Waals surface area contributed by atoms with Crippen LogP contribution in [0.3, 0.4) is 0 Å². The van der Waals surface area contributed by atoms with Crippen LogP contribution in [0.5, 0.6) is 0 Å². The lowest BCUT2D eigenvalue weighted by Gasteiger charge is -2.17. The van der Waals surface area contributed by atoms with Gasteiger partial charge in [0.2, 0.25) is 0 Å². The summed E-state index contributed by atoms with van der Waals surface area (Å²) in [4.78, 5) is 4.34. The van der Waals surface area contributed by atoms with Gasteiger partial charge in [-0.25, -0.2) is 4.98 Å². The Hall–Kier alpha value is -1.18. The van der Waals surface area contributed by atoms with Crippen molar-refractivity contribution in [1.82, 2.24) is 13.6 Å². The molecule has 2 heterocycles. The van der Waals surface area contributed by atoms with Crippen LogP contribution in [0.1, 0.15) is 12.6 Å². The summed E-state index contributed by atoms with van der Waals surface area (Å²) in [6.45, 7) is 3.78. The van der Waals surface area contributed by atoms with E-state index in [1.165, 1.54) is 8.61 Å². The van der Waals surface area contributed by atoms with E-state index < -0.39 is 10.2 Å². The first kappa shape index (κ1) is 13.3. The molecule has 1 aromatic rings. The topological polar surface area (TPSA) is 65.5 Å². The Labute approximate surface area is 108 Å². The highest BCUT2D eigenvalue weighted by atomic mass is 32.2. The number of rotatable bonds is 4. The van der Waals surface area contributed by atoms with Crippen molar-refractivity contribution in [3.63, 3.8) is 0 Å². The molecule has 1 N–H and O–H groups in total. The standard InChI is InChI=1S/C11H18N4O2S/c1-3-14-7-8-15(18(14,16)17)9-10-5-4-6-11(12-2)13-10/h4-6H,3,7-9H2,1-2H3,(H,12,13). The molecular weight excluding hydrogens is 252 g/mol. The summed E-state index contributed by atoms with van der Waals surface area (Å²) in [7, 11) is -1.50. The lowest BCUT2D eigenvalue weighted by molar-refractivity contribution is 0.439. The Bertz CT molecular complexity index is 518. The molecule has 18 heavy (non-hydrogen) atoms. The van der Waals surface area contributed by atoms with E-state index in [0.29, 0.717) is 26.2 Å². The van der Waals surface area contributed by atoms with Crippen molar-refractivity contribution in [1.29, 1.82) is 0 Å². The summed E-state index contributed by atoms with van der Waals surface area (Å²) >= 11 is 0. The molecule has 0 atom stereocenters. The first-order valence-electron chi connectivity index (χ1n) is 5.97. The summed E-state index contributed by atoms with van der Waals surface area (Å²) in [5.74, 6) is 0.747. The van der Waals surface area contributed by atoms with Crippen LogP contribution in [-0.4, -0.2) is 48.7 Å². The third-order valence-corrected chi connectivity index (χ3v) is 5.06. The molecule has 7 heteroatoms. The van der Waals surface area contributed by atoms with Gasteiger partial charge in [-0.2, -0.15) is 17.0 Å². The van der Waals surface area contributed by atoms with Crippen molar-refractivity contribution >= 4 is 16.0 Å². The molecular formula is C11H18N4O2S. The maximum absolute atomic E-state index is 12.1. The molecule has 6 nitrogen and oxygen atoms in total. The average molecular weight is 270 g/mol. The van der Waals surface area contributed by atoms with E-state index in [-0.39, 0.29) is 0 Å². The summed E-state index contributed by atoms with van der Waals surface area (Å²) in [6.07, 6.45) is 0. The molecule has 0 unspecified atom stereocenters. The molecule has 1 aromatic heterocycles. The van der Waals surface area contributed by atoms with Crippen LogP contribution in [0.25, 0.3) is 0 Å². The van der Waals surface area contributed by atoms with Gasteiger partial charge in [0.15, 0.2) is 0 Å². The number of likely N-dealkylation sites (N-methyl/N-ethyl adjacent to an activating group) is 1. The van der Waals surface area contributed by atoms with Crippen molar-refractivity contribution < 1.29 is 8.42 Å². The summed E-state index contributed by atoms with van der Waals surface area (Å²) < 4.78 is 27.1. The lowest BCUT2D eigenvalue weighted by atomic mass is 10.3. The van der Waals surface area contributed by atoms with Crippen LogP contribution in [0.2, 0.25) is 0 Å². The van der Waals surface area contributed by atoms with Crippen LogP contribution < -0.4 is 5.32 Å². The SMILES string of the molecule is CCN1CCN(Cc2cccc(NC)n2)S1(=O)=O. The zero-order valence-electron chi connectivity index (χ0n) is 10.6. The van der Waals surface area contributed by atoms with Crippen molar-refractivity contribution in [3.8, 4) is 0 Å². The fraction of sp³-hybridized carbons (Fsp3) is 0.545. The van der Waals surface area contributed by atoms with Gasteiger partial charge in [-0.3, -0.25) is 0 Å². The van der Waals surface area contributed by atoms with Crippen molar-refractivity contribution in [2.24, 2.45) is 0 Å². The van der Waals surface area contributed by atoms with E-state index in [4.69, 9.17) is 0 Å². The van der Waals surface area contributed by atoms with Gasteiger partial charge >= 0.3 is 0 Å². The number of hydrogen-bond acceptors (Lipinski definition) is 4. The highest BCUT2D eigenvalue weighted by molar-refractivity contribution is 7.87. The highest BCUT2D eigenvalue weighted by Crippen LogP contribution is 2.18. The molecule has 1 aliphatic heterocycles. The third kappa shape index (κ3) is 2.47. The van der Waals surface area contributed by atoms with E-state index in [2.05, 4.69) is 10.3 Å². The Kier molecular flexibility index (Phi) is 3.84. The van der Waals surface area contributed by atoms with E-state index in [1.54, 1.807) is 7.05 Å². The second-order valence-corrected chi connectivity index (χ2v) is 6.03. The van der Waals surface area contributed by atoms with E-state index in [0.717, 1.165) is 11.5 Å². The van der Waals surface area contributed by atoms with Gasteiger partial charge in [0, 0.05) is 26.7 Å². The molecule has 0 saturated carbocycles. The van der Waals surface area contributed by atoms with E-state index >= 15 is 0 Å². The second-order valence-electron chi connectivity index (χ2n) is 4.10. The average Bonchev–Trinajstić information content (AvgIpc) is 2.65. The Morgan fingerprint density at radius 3 is 2.67 bits per heavy atom. The molecule has 1 aliphatic rings. The largest absolute Gasteiger partial charge is 0.373 e. The molecule has 1 fully saturated rings. The Balaban J connectivity index is 2.15. The Morgan fingerprint density at radius 1 is 1.33 bits per heavy atom. The smallest absolute Gasteiger partial charge is 0.282 e. The number of nitrogens with zero attached hydrogens (tertiary/aromatic N) is 3. The van der Waals surface area contributed by atoms with Gasteiger partial charge in [-0.15, -0.1) is 0 Å². The molecule has 1 saturated heterocycles. The minimum atomic E-state index is -3.29. The minimum absolute atomic E-state index is 0.328. The molecule has 0 amide bonds. The molecule has 0 spiro atoms. The number of hydrogen-bond donors (Lipinski definition) is 1. The second kappa shape index (κ2) is 5.21. The number of anilines is 1. The molecule has 0 aromatic carbocycles. The van der Waals surface area contributed by atoms with Gasteiger partial charge in [0.25, 0.3) is 10.2 Å². The maximum Gasteiger partial charge on any atom is 0.282 e. The quantitative estimate of drug-likeness (QED) is 0.865. The van der Waals surface area contributed by atoms with Gasteiger partial charge in [-0.05, 0) is 12.1 Å². The summed E-state index contributed by atoms with van der Waals surface area (Å²) in [5.41, 5.74) is 0.753. The zero-order chi connectivity index (χ0) is 13.2. The van der Waals surface area contributed by atoms with Crippen LogP contribution in [0.4, 0.5) is 5.82 Å². The third-order valence-electron chi connectivity index (χ3n) is 3.01. The summed E-state index contributed by atoms with van der Waals surface area (Å²) in [5, 5.41) is 2.94. The van der Waals surface area contributed by atoms with Crippen molar-refractivity contribution in [2.45, 2.75) is 13.5 Å². The number of pyridine rings is 1. The fourth-order valence-corrected chi connectivity index (χ4v) is 3.56. The molecule has 0 aliphatic carbocycles. The number of nitrogens with one attached hydrogen (secondary N) is 1. The van der Waals surface area contributed by atoms with E-state index in [1.807, 2.05) is 25.1 Å². The maximum atomic E-state index is 12.1. The van der Waals surface area contributed by atoms with Gasteiger partial charge < -0.3 is 5.32 Å². The van der Waals surface area contributed by atoms with E-state index in [9.17, 15) is 8.42 Å². The first-order chi connectivity index (χ1) is 8.57. The van der Waals surface area contributed by atoms with Gasteiger partial charge in [0.05, 0.1) is 12.2 Å².